The highest BCUT2D eigenvalue weighted by Crippen LogP contribution is 2.29. The minimum atomic E-state index is -3.43. The van der Waals surface area contributed by atoms with Gasteiger partial charge in [-0.3, -0.25) is 0 Å². The van der Waals surface area contributed by atoms with E-state index in [4.69, 9.17) is 5.73 Å². The van der Waals surface area contributed by atoms with Crippen molar-refractivity contribution in [3.63, 3.8) is 0 Å². The van der Waals surface area contributed by atoms with Crippen molar-refractivity contribution < 1.29 is 8.42 Å². The molecule has 1 fully saturated rings. The molecule has 0 aliphatic carbocycles. The van der Waals surface area contributed by atoms with Crippen molar-refractivity contribution in [3.8, 4) is 0 Å². The molecule has 4 nitrogen and oxygen atoms in total. The third-order valence-corrected chi connectivity index (χ3v) is 6.03. The minimum Gasteiger partial charge on any atom is -0.326 e. The number of sulfonamides is 1. The van der Waals surface area contributed by atoms with Crippen LogP contribution in [0.25, 0.3) is 0 Å². The Morgan fingerprint density at radius 3 is 2.59 bits per heavy atom. The summed E-state index contributed by atoms with van der Waals surface area (Å²) >= 11 is 6.58. The number of nitrogens with zero attached hydrogens (tertiary/aromatic N) is 1. The predicted molar refractivity (Wildman–Crippen MR) is 73.2 cm³/mol. The molecule has 0 amide bonds. The van der Waals surface area contributed by atoms with Gasteiger partial charge in [-0.15, -0.1) is 0 Å². The quantitative estimate of drug-likeness (QED) is 0.848. The molecule has 94 valence electrons. The third-order valence-electron chi connectivity index (χ3n) is 2.70. The first-order chi connectivity index (χ1) is 7.91. The maximum Gasteiger partial charge on any atom is 0.244 e. The molecule has 1 atom stereocenters. The zero-order valence-corrected chi connectivity index (χ0v) is 12.9. The van der Waals surface area contributed by atoms with E-state index in [0.717, 1.165) is 4.47 Å². The molecule has 1 aromatic carbocycles. The van der Waals surface area contributed by atoms with E-state index < -0.39 is 10.0 Å². The van der Waals surface area contributed by atoms with Gasteiger partial charge in [0.2, 0.25) is 10.0 Å². The Morgan fingerprint density at radius 2 is 2.06 bits per heavy atom. The van der Waals surface area contributed by atoms with Gasteiger partial charge >= 0.3 is 0 Å². The van der Waals surface area contributed by atoms with Gasteiger partial charge in [-0.1, -0.05) is 15.9 Å². The van der Waals surface area contributed by atoms with Gasteiger partial charge in [-0.25, -0.2) is 8.42 Å². The summed E-state index contributed by atoms with van der Waals surface area (Å²) in [5.41, 5.74) is 5.74. The molecule has 1 saturated heterocycles. The average Bonchev–Trinajstić information content (AvgIpc) is 2.64. The maximum atomic E-state index is 12.3. The summed E-state index contributed by atoms with van der Waals surface area (Å²) < 4.78 is 27.5. The minimum absolute atomic E-state index is 0.0565. The van der Waals surface area contributed by atoms with E-state index in [1.807, 2.05) is 0 Å². The van der Waals surface area contributed by atoms with Crippen molar-refractivity contribution >= 4 is 41.9 Å². The number of halogens is 2. The SMILES string of the molecule is N[C@@H]1CCN(S(=O)(=O)c2ccc(Br)cc2Br)C1. The van der Waals surface area contributed by atoms with Crippen LogP contribution in [0.5, 0.6) is 0 Å². The molecule has 0 radical (unpaired) electrons. The van der Waals surface area contributed by atoms with Crippen molar-refractivity contribution in [3.05, 3.63) is 27.1 Å². The second kappa shape index (κ2) is 4.97. The topological polar surface area (TPSA) is 63.4 Å². The van der Waals surface area contributed by atoms with E-state index in [1.165, 1.54) is 4.31 Å². The highest BCUT2D eigenvalue weighted by molar-refractivity contribution is 9.11. The first-order valence-corrected chi connectivity index (χ1v) is 8.14. The molecule has 1 heterocycles. The molecular weight excluding hydrogens is 372 g/mol. The van der Waals surface area contributed by atoms with E-state index in [2.05, 4.69) is 31.9 Å². The second-order valence-corrected chi connectivity index (χ2v) is 7.66. The Kier molecular flexibility index (Phi) is 3.94. The fourth-order valence-electron chi connectivity index (χ4n) is 1.80. The van der Waals surface area contributed by atoms with Crippen molar-refractivity contribution in [1.82, 2.24) is 4.31 Å². The average molecular weight is 384 g/mol. The lowest BCUT2D eigenvalue weighted by Crippen LogP contribution is -2.32. The van der Waals surface area contributed by atoms with Crippen molar-refractivity contribution in [1.29, 1.82) is 0 Å². The van der Waals surface area contributed by atoms with Gasteiger partial charge in [-0.05, 0) is 40.5 Å². The van der Waals surface area contributed by atoms with E-state index in [1.54, 1.807) is 18.2 Å². The van der Waals surface area contributed by atoms with Gasteiger partial charge in [0.05, 0.1) is 4.90 Å². The summed E-state index contributed by atoms with van der Waals surface area (Å²) in [5.74, 6) is 0. The molecule has 0 unspecified atom stereocenters. The Hall–Kier alpha value is 0.0500. The summed E-state index contributed by atoms with van der Waals surface area (Å²) in [6, 6.07) is 4.98. The van der Waals surface area contributed by atoms with E-state index in [0.29, 0.717) is 24.0 Å². The molecule has 1 aliphatic heterocycles. The smallest absolute Gasteiger partial charge is 0.244 e. The van der Waals surface area contributed by atoms with Gasteiger partial charge in [-0.2, -0.15) is 4.31 Å². The number of benzene rings is 1. The largest absolute Gasteiger partial charge is 0.326 e. The Balaban J connectivity index is 2.38. The van der Waals surface area contributed by atoms with Crippen LogP contribution in [0.15, 0.2) is 32.0 Å². The number of rotatable bonds is 2. The van der Waals surface area contributed by atoms with E-state index in [-0.39, 0.29) is 10.9 Å². The van der Waals surface area contributed by atoms with Crippen molar-refractivity contribution in [2.24, 2.45) is 5.73 Å². The van der Waals surface area contributed by atoms with Crippen molar-refractivity contribution in [2.45, 2.75) is 17.4 Å². The number of nitrogens with two attached hydrogens (primary N) is 1. The Labute approximate surface area is 117 Å². The van der Waals surface area contributed by atoms with Crippen LogP contribution in [-0.4, -0.2) is 31.9 Å². The second-order valence-electron chi connectivity index (χ2n) is 3.99. The summed E-state index contributed by atoms with van der Waals surface area (Å²) in [5, 5.41) is 0. The normalized spacial score (nSPS) is 21.9. The van der Waals surface area contributed by atoms with Crippen LogP contribution >= 0.6 is 31.9 Å². The lowest BCUT2D eigenvalue weighted by molar-refractivity contribution is 0.472. The number of hydrogen-bond acceptors (Lipinski definition) is 3. The van der Waals surface area contributed by atoms with Crippen LogP contribution < -0.4 is 5.73 Å². The highest BCUT2D eigenvalue weighted by atomic mass is 79.9. The monoisotopic (exact) mass is 382 g/mol. The lowest BCUT2D eigenvalue weighted by atomic mass is 10.3. The third kappa shape index (κ3) is 2.73. The number of hydrogen-bond donors (Lipinski definition) is 1. The van der Waals surface area contributed by atoms with Gasteiger partial charge < -0.3 is 5.73 Å². The van der Waals surface area contributed by atoms with Gasteiger partial charge in [0.1, 0.15) is 0 Å². The molecule has 0 saturated carbocycles. The molecule has 2 N–H and O–H groups in total. The van der Waals surface area contributed by atoms with E-state index >= 15 is 0 Å². The standard InChI is InChI=1S/C10H12Br2N2O2S/c11-7-1-2-10(9(12)5-7)17(15,16)14-4-3-8(13)6-14/h1-2,5,8H,3-4,6,13H2/t8-/m1/s1. The molecular formula is C10H12Br2N2O2S. The van der Waals surface area contributed by atoms with Crippen LogP contribution in [-0.2, 0) is 10.0 Å². The van der Waals surface area contributed by atoms with Crippen LogP contribution in [0.2, 0.25) is 0 Å². The molecule has 1 aliphatic rings. The molecule has 17 heavy (non-hydrogen) atoms. The molecule has 2 rings (SSSR count). The maximum absolute atomic E-state index is 12.3. The fourth-order valence-corrected chi connectivity index (χ4v) is 5.01. The fraction of sp³-hybridized carbons (Fsp3) is 0.400. The highest BCUT2D eigenvalue weighted by Gasteiger charge is 2.32. The summed E-state index contributed by atoms with van der Waals surface area (Å²) in [4.78, 5) is 0.287. The van der Waals surface area contributed by atoms with Crippen LogP contribution in [0, 0.1) is 0 Å². The predicted octanol–water partition coefficient (Wildman–Crippen LogP) is 1.93. The summed E-state index contributed by atoms with van der Waals surface area (Å²) in [6.45, 7) is 0.886. The molecule has 0 aromatic heterocycles. The van der Waals surface area contributed by atoms with Gasteiger partial charge in [0, 0.05) is 28.1 Å². The van der Waals surface area contributed by atoms with E-state index in [9.17, 15) is 8.42 Å². The van der Waals surface area contributed by atoms with Crippen LogP contribution in [0.4, 0.5) is 0 Å². The lowest BCUT2D eigenvalue weighted by Gasteiger charge is -2.17. The molecule has 0 bridgehead atoms. The zero-order chi connectivity index (χ0) is 12.6. The van der Waals surface area contributed by atoms with Crippen molar-refractivity contribution in [2.75, 3.05) is 13.1 Å². The van der Waals surface area contributed by atoms with Gasteiger partial charge in [0.15, 0.2) is 0 Å². The van der Waals surface area contributed by atoms with Crippen LogP contribution in [0.1, 0.15) is 6.42 Å². The molecule has 7 heteroatoms. The zero-order valence-electron chi connectivity index (χ0n) is 8.94. The molecule has 0 spiro atoms. The molecule has 1 aromatic rings. The van der Waals surface area contributed by atoms with Crippen LogP contribution in [0.3, 0.4) is 0 Å². The summed E-state index contributed by atoms with van der Waals surface area (Å²) in [6.07, 6.45) is 0.716. The van der Waals surface area contributed by atoms with Gasteiger partial charge in [0.25, 0.3) is 0 Å². The first kappa shape index (κ1) is 13.5. The Bertz CT molecular complexity index is 533. The summed E-state index contributed by atoms with van der Waals surface area (Å²) in [7, 11) is -3.43. The Morgan fingerprint density at radius 1 is 1.35 bits per heavy atom. The first-order valence-electron chi connectivity index (χ1n) is 5.12.